The first-order valence-electron chi connectivity index (χ1n) is 12.3. The van der Waals surface area contributed by atoms with Crippen LogP contribution in [-0.2, 0) is 27.6 Å². The molecule has 2 amide bonds. The fourth-order valence-corrected chi connectivity index (χ4v) is 6.18. The molecule has 36 heavy (non-hydrogen) atoms. The quantitative estimate of drug-likeness (QED) is 0.486. The van der Waals surface area contributed by atoms with Crippen molar-refractivity contribution in [1.82, 2.24) is 4.90 Å². The number of hydrogen-bond acceptors (Lipinski definition) is 8. The van der Waals surface area contributed by atoms with Gasteiger partial charge in [0.05, 0.1) is 36.3 Å². The number of aliphatic hydroxyl groups is 2. The van der Waals surface area contributed by atoms with Crippen molar-refractivity contribution >= 4 is 17.5 Å². The maximum Gasteiger partial charge on any atom is 0.233 e. The minimum Gasteiger partial charge on any atom is -0.454 e. The fraction of sp³-hybridized carbons (Fsp3) is 0.444. The summed E-state index contributed by atoms with van der Waals surface area (Å²) in [5.41, 5.74) is 2.37. The number of oxime groups is 1. The number of benzene rings is 2. The van der Waals surface area contributed by atoms with Crippen LogP contribution in [0.5, 0.6) is 11.5 Å². The summed E-state index contributed by atoms with van der Waals surface area (Å²) in [4.78, 5) is 33.8. The van der Waals surface area contributed by atoms with Gasteiger partial charge in [-0.15, -0.1) is 0 Å². The number of fused-ring (bicyclic) bond motifs is 4. The highest BCUT2D eigenvalue weighted by molar-refractivity contribution is 6.06. The molecule has 9 nitrogen and oxygen atoms in total. The zero-order chi connectivity index (χ0) is 24.8. The highest BCUT2D eigenvalue weighted by Gasteiger charge is 2.59. The van der Waals surface area contributed by atoms with Crippen LogP contribution in [0, 0.1) is 23.7 Å². The Hall–Kier alpha value is -3.43. The third kappa shape index (κ3) is 3.92. The van der Waals surface area contributed by atoms with E-state index in [1.807, 2.05) is 36.4 Å². The number of rotatable bonds is 5. The van der Waals surface area contributed by atoms with Gasteiger partial charge in [0.2, 0.25) is 18.6 Å². The number of imide groups is 1. The van der Waals surface area contributed by atoms with Gasteiger partial charge >= 0.3 is 0 Å². The van der Waals surface area contributed by atoms with Crippen molar-refractivity contribution in [1.29, 1.82) is 0 Å². The molecule has 4 aliphatic rings. The van der Waals surface area contributed by atoms with Gasteiger partial charge < -0.3 is 24.5 Å². The number of likely N-dealkylation sites (tertiary alicyclic amines) is 1. The third-order valence-electron chi connectivity index (χ3n) is 7.90. The molecular formula is C27H28N2O7. The van der Waals surface area contributed by atoms with Crippen molar-refractivity contribution in [2.24, 2.45) is 28.8 Å². The highest BCUT2D eigenvalue weighted by atomic mass is 16.7. The van der Waals surface area contributed by atoms with Gasteiger partial charge in [0.25, 0.3) is 0 Å². The Morgan fingerprint density at radius 1 is 0.944 bits per heavy atom. The largest absolute Gasteiger partial charge is 0.454 e. The number of amides is 2. The number of aliphatic hydroxyl groups excluding tert-OH is 2. The molecule has 0 unspecified atom stereocenters. The van der Waals surface area contributed by atoms with Crippen LogP contribution in [0.4, 0.5) is 0 Å². The summed E-state index contributed by atoms with van der Waals surface area (Å²) < 4.78 is 10.8. The molecule has 0 aromatic heterocycles. The predicted molar refractivity (Wildman–Crippen MR) is 127 cm³/mol. The second kappa shape index (κ2) is 9.22. The van der Waals surface area contributed by atoms with Crippen molar-refractivity contribution in [3.63, 3.8) is 0 Å². The van der Waals surface area contributed by atoms with Crippen molar-refractivity contribution in [2.75, 3.05) is 6.79 Å². The molecule has 1 saturated heterocycles. The molecule has 2 saturated carbocycles. The topological polar surface area (TPSA) is 118 Å². The molecule has 9 heteroatoms. The maximum absolute atomic E-state index is 13.6. The van der Waals surface area contributed by atoms with E-state index in [0.717, 1.165) is 11.1 Å². The summed E-state index contributed by atoms with van der Waals surface area (Å²) in [6, 6.07) is 15.0. The van der Waals surface area contributed by atoms with E-state index >= 15 is 0 Å². The van der Waals surface area contributed by atoms with Gasteiger partial charge in [-0.1, -0.05) is 41.6 Å². The van der Waals surface area contributed by atoms with Crippen LogP contribution in [0.1, 0.15) is 30.4 Å². The third-order valence-corrected chi connectivity index (χ3v) is 7.90. The van der Waals surface area contributed by atoms with E-state index in [1.165, 1.54) is 4.90 Å². The predicted octanol–water partition coefficient (Wildman–Crippen LogP) is 2.24. The molecule has 0 radical (unpaired) electrons. The summed E-state index contributed by atoms with van der Waals surface area (Å²) in [6.45, 7) is 0.554. The molecule has 3 fully saturated rings. The van der Waals surface area contributed by atoms with Crippen LogP contribution in [0.3, 0.4) is 0 Å². The first-order chi connectivity index (χ1) is 17.5. The highest BCUT2D eigenvalue weighted by Crippen LogP contribution is 2.50. The molecule has 2 aromatic rings. The molecule has 2 aromatic carbocycles. The van der Waals surface area contributed by atoms with Gasteiger partial charge in [-0.25, -0.2) is 0 Å². The lowest BCUT2D eigenvalue weighted by molar-refractivity contribution is -0.142. The van der Waals surface area contributed by atoms with Crippen LogP contribution in [0.25, 0.3) is 0 Å². The summed E-state index contributed by atoms with van der Waals surface area (Å²) >= 11 is 0. The smallest absolute Gasteiger partial charge is 0.233 e. The summed E-state index contributed by atoms with van der Waals surface area (Å²) in [5.74, 6) is -1.36. The molecular weight excluding hydrogens is 464 g/mol. The molecule has 0 bridgehead atoms. The molecule has 6 rings (SSSR count). The Morgan fingerprint density at radius 3 is 2.56 bits per heavy atom. The van der Waals surface area contributed by atoms with Gasteiger partial charge in [0.15, 0.2) is 11.5 Å². The molecule has 2 aliphatic carbocycles. The lowest BCUT2D eigenvalue weighted by Gasteiger charge is -2.45. The van der Waals surface area contributed by atoms with Gasteiger partial charge in [0, 0.05) is 18.3 Å². The number of carbonyl (C=O) groups excluding carboxylic acids is 2. The first-order valence-corrected chi connectivity index (χ1v) is 12.3. The minimum atomic E-state index is -1.11. The van der Waals surface area contributed by atoms with Gasteiger partial charge in [-0.2, -0.15) is 0 Å². The van der Waals surface area contributed by atoms with E-state index in [4.69, 9.17) is 14.3 Å². The number of nitrogens with zero attached hydrogens (tertiary/aromatic N) is 2. The van der Waals surface area contributed by atoms with Gasteiger partial charge in [0.1, 0.15) is 6.61 Å². The molecule has 0 spiro atoms. The molecule has 6 atom stereocenters. The second-order valence-corrected chi connectivity index (χ2v) is 9.95. The summed E-state index contributed by atoms with van der Waals surface area (Å²) in [5, 5.41) is 25.9. The Labute approximate surface area is 208 Å². The standard InChI is InChI=1S/C27H28N2O7/c30-20-11-19(28-36-13-15-4-2-1-3-5-15)17-7-8-18-24(23(17)25(20)31)27(33)29(26(18)32)12-16-6-9-21-22(10-16)35-14-34-21/h1-6,9-10,17-18,20,23-25,30-31H,7-8,11-14H2/t17-,18-,20-,23+,24-,25-/m1/s1. The van der Waals surface area contributed by atoms with Gasteiger partial charge in [-0.3, -0.25) is 14.5 Å². The Bertz CT molecular complexity index is 1200. The van der Waals surface area contributed by atoms with Crippen LogP contribution < -0.4 is 9.47 Å². The van der Waals surface area contributed by atoms with Crippen molar-refractivity contribution in [3.8, 4) is 11.5 Å². The minimum absolute atomic E-state index is 0.123. The Balaban J connectivity index is 1.22. The monoisotopic (exact) mass is 492 g/mol. The molecule has 188 valence electrons. The number of ether oxygens (including phenoxy) is 2. The maximum atomic E-state index is 13.6. The average molecular weight is 493 g/mol. The number of carbonyl (C=O) groups is 2. The van der Waals surface area contributed by atoms with Gasteiger partial charge in [-0.05, 0) is 36.1 Å². The van der Waals surface area contributed by atoms with Crippen LogP contribution in [0.15, 0.2) is 53.7 Å². The molecule has 2 heterocycles. The Morgan fingerprint density at radius 2 is 1.72 bits per heavy atom. The average Bonchev–Trinajstić information content (AvgIpc) is 3.45. The zero-order valence-corrected chi connectivity index (χ0v) is 19.7. The van der Waals surface area contributed by atoms with E-state index in [0.29, 0.717) is 30.1 Å². The van der Waals surface area contributed by atoms with Crippen LogP contribution in [-0.4, -0.2) is 51.6 Å². The van der Waals surface area contributed by atoms with Crippen LogP contribution in [0.2, 0.25) is 0 Å². The number of hydrogen-bond donors (Lipinski definition) is 2. The first kappa shape index (κ1) is 23.0. The molecule has 2 N–H and O–H groups in total. The summed E-state index contributed by atoms with van der Waals surface area (Å²) in [7, 11) is 0. The SMILES string of the molecule is O=C1[C@H]2[C@H]3[C@H](O)[C@H](O)CC(=NOCc4ccccc4)[C@H]3CC[C@H]2C(=O)N1Cc1ccc2c(c1)OCO2. The molecule has 2 aliphatic heterocycles. The van der Waals surface area contributed by atoms with E-state index in [9.17, 15) is 19.8 Å². The van der Waals surface area contributed by atoms with E-state index < -0.39 is 30.0 Å². The van der Waals surface area contributed by atoms with Crippen molar-refractivity contribution in [3.05, 3.63) is 59.7 Å². The summed E-state index contributed by atoms with van der Waals surface area (Å²) in [6.07, 6.45) is -0.889. The lowest BCUT2D eigenvalue weighted by Crippen LogP contribution is -2.54. The van der Waals surface area contributed by atoms with Crippen molar-refractivity contribution in [2.45, 2.75) is 44.6 Å². The fourth-order valence-electron chi connectivity index (χ4n) is 6.18. The van der Waals surface area contributed by atoms with Crippen molar-refractivity contribution < 1.29 is 34.1 Å². The van der Waals surface area contributed by atoms with E-state index in [-0.39, 0.29) is 44.1 Å². The Kier molecular flexibility index (Phi) is 5.89. The normalized spacial score (nSPS) is 31.9. The van der Waals surface area contributed by atoms with E-state index in [1.54, 1.807) is 12.1 Å². The second-order valence-electron chi connectivity index (χ2n) is 9.95. The zero-order valence-electron chi connectivity index (χ0n) is 19.7. The lowest BCUT2D eigenvalue weighted by atomic mass is 9.60. The van der Waals surface area contributed by atoms with E-state index in [2.05, 4.69) is 5.16 Å². The van der Waals surface area contributed by atoms with Crippen LogP contribution >= 0.6 is 0 Å².